The molecule has 0 spiro atoms. The third kappa shape index (κ3) is 2.26. The Labute approximate surface area is 69.7 Å². The summed E-state index contributed by atoms with van der Waals surface area (Å²) in [5.41, 5.74) is 0. The largest absolute Gasteiger partial charge is 0.465 e. The summed E-state index contributed by atoms with van der Waals surface area (Å²) in [5, 5.41) is 5.96. The maximum absolute atomic E-state index is 10.7. The van der Waals surface area contributed by atoms with Crippen molar-refractivity contribution in [3.8, 4) is 5.88 Å². The first-order valence-corrected chi connectivity index (χ1v) is 3.49. The predicted molar refractivity (Wildman–Crippen MR) is 40.8 cm³/mol. The third-order valence-electron chi connectivity index (χ3n) is 1.24. The van der Waals surface area contributed by atoms with Crippen LogP contribution in [0.2, 0.25) is 0 Å². The smallest absolute Gasteiger partial charge is 0.257 e. The molecular weight excluding hydrogens is 160 g/mol. The van der Waals surface area contributed by atoms with Crippen molar-refractivity contribution in [3.05, 3.63) is 11.8 Å². The lowest BCUT2D eigenvalue weighted by molar-refractivity contribution is -0.122. The summed E-state index contributed by atoms with van der Waals surface area (Å²) < 4.78 is 9.69. The van der Waals surface area contributed by atoms with E-state index in [-0.39, 0.29) is 12.5 Å². The van der Waals surface area contributed by atoms with Crippen molar-refractivity contribution in [2.75, 3.05) is 13.7 Å². The number of nitrogens with one attached hydrogen (secondary N) is 1. The summed E-state index contributed by atoms with van der Waals surface area (Å²) in [6, 6.07) is 1.61. The Bertz CT molecular complexity index is 269. The Kier molecular flexibility index (Phi) is 2.68. The van der Waals surface area contributed by atoms with E-state index in [2.05, 4.69) is 10.5 Å². The van der Waals surface area contributed by atoms with E-state index in [0.717, 1.165) is 0 Å². The van der Waals surface area contributed by atoms with Gasteiger partial charge >= 0.3 is 0 Å². The lowest BCUT2D eigenvalue weighted by Gasteiger charge is -1.98. The van der Waals surface area contributed by atoms with Crippen LogP contribution in [-0.4, -0.2) is 24.7 Å². The molecule has 1 aromatic heterocycles. The fraction of sp³-hybridized carbons (Fsp3) is 0.429. The number of ether oxygens (including phenoxy) is 1. The molecule has 66 valence electrons. The second-order valence-electron chi connectivity index (χ2n) is 2.24. The summed E-state index contributed by atoms with van der Waals surface area (Å²) in [6.07, 6.45) is 0. The van der Waals surface area contributed by atoms with Crippen LogP contribution in [-0.2, 0) is 4.79 Å². The normalized spacial score (nSPS) is 9.50. The molecular formula is C7H10N2O3. The molecule has 0 aromatic carbocycles. The molecule has 0 radical (unpaired) electrons. The fourth-order valence-corrected chi connectivity index (χ4v) is 0.623. The minimum absolute atomic E-state index is 0.0392. The average molecular weight is 170 g/mol. The van der Waals surface area contributed by atoms with Gasteiger partial charge in [-0.3, -0.25) is 4.79 Å². The predicted octanol–water partition coefficient (Wildman–Crippen LogP) is 0.108. The molecule has 0 aliphatic heterocycles. The second kappa shape index (κ2) is 3.75. The van der Waals surface area contributed by atoms with Gasteiger partial charge in [0.2, 0.25) is 0 Å². The van der Waals surface area contributed by atoms with Crippen molar-refractivity contribution >= 4 is 5.91 Å². The van der Waals surface area contributed by atoms with Crippen molar-refractivity contribution in [1.29, 1.82) is 0 Å². The number of likely N-dealkylation sites (N-methyl/N-ethyl adjacent to an activating group) is 1. The van der Waals surface area contributed by atoms with Crippen LogP contribution in [0.1, 0.15) is 5.76 Å². The van der Waals surface area contributed by atoms with Gasteiger partial charge in [-0.05, 0) is 12.1 Å². The number of aryl methyl sites for hydroxylation is 1. The highest BCUT2D eigenvalue weighted by molar-refractivity contribution is 5.77. The third-order valence-corrected chi connectivity index (χ3v) is 1.24. The number of carbonyl (C=O) groups excluding carboxylic acids is 1. The molecule has 0 bridgehead atoms. The first-order valence-electron chi connectivity index (χ1n) is 3.49. The lowest BCUT2D eigenvalue weighted by Crippen LogP contribution is -2.24. The zero-order valence-corrected chi connectivity index (χ0v) is 6.96. The van der Waals surface area contributed by atoms with Crippen LogP contribution in [0.25, 0.3) is 0 Å². The van der Waals surface area contributed by atoms with Crippen LogP contribution in [0, 0.1) is 6.92 Å². The number of aromatic nitrogens is 1. The van der Waals surface area contributed by atoms with Crippen molar-refractivity contribution in [2.24, 2.45) is 0 Å². The topological polar surface area (TPSA) is 64.4 Å². The molecule has 0 saturated carbocycles. The Morgan fingerprint density at radius 1 is 1.83 bits per heavy atom. The van der Waals surface area contributed by atoms with Gasteiger partial charge in [0, 0.05) is 13.1 Å². The molecule has 0 aliphatic rings. The van der Waals surface area contributed by atoms with E-state index in [1.165, 1.54) is 0 Å². The molecule has 5 nitrogen and oxygen atoms in total. The number of rotatable bonds is 3. The SMILES string of the molecule is CNC(=O)COc1cc(C)on1. The molecule has 0 saturated heterocycles. The Hall–Kier alpha value is -1.52. The molecule has 0 aliphatic carbocycles. The summed E-state index contributed by atoms with van der Waals surface area (Å²) in [7, 11) is 1.54. The molecule has 1 amide bonds. The van der Waals surface area contributed by atoms with Crippen LogP contribution >= 0.6 is 0 Å². The zero-order chi connectivity index (χ0) is 8.97. The fourth-order valence-electron chi connectivity index (χ4n) is 0.623. The Morgan fingerprint density at radius 3 is 3.08 bits per heavy atom. The highest BCUT2D eigenvalue weighted by Crippen LogP contribution is 2.08. The molecule has 1 aromatic rings. The van der Waals surface area contributed by atoms with Crippen LogP contribution in [0.4, 0.5) is 0 Å². The number of hydrogen-bond acceptors (Lipinski definition) is 4. The summed E-state index contributed by atoms with van der Waals surface area (Å²) in [6.45, 7) is 1.71. The Balaban J connectivity index is 2.38. The van der Waals surface area contributed by atoms with Gasteiger partial charge < -0.3 is 14.6 Å². The van der Waals surface area contributed by atoms with E-state index < -0.39 is 0 Å². The van der Waals surface area contributed by atoms with Gasteiger partial charge in [0.05, 0.1) is 0 Å². The lowest BCUT2D eigenvalue weighted by atomic mass is 10.5. The number of hydrogen-bond donors (Lipinski definition) is 1. The minimum atomic E-state index is -0.198. The summed E-state index contributed by atoms with van der Waals surface area (Å²) >= 11 is 0. The quantitative estimate of drug-likeness (QED) is 0.699. The standard InChI is InChI=1S/C7H10N2O3/c1-5-3-7(9-12-5)11-4-6(10)8-2/h3H,4H2,1-2H3,(H,8,10). The summed E-state index contributed by atoms with van der Waals surface area (Å²) in [5.74, 6) is 0.786. The number of nitrogens with zero attached hydrogens (tertiary/aromatic N) is 1. The van der Waals surface area contributed by atoms with E-state index in [0.29, 0.717) is 11.6 Å². The maximum atomic E-state index is 10.7. The molecule has 5 heteroatoms. The van der Waals surface area contributed by atoms with Crippen molar-refractivity contribution in [2.45, 2.75) is 6.92 Å². The van der Waals surface area contributed by atoms with Crippen LogP contribution < -0.4 is 10.1 Å². The number of carbonyl (C=O) groups is 1. The van der Waals surface area contributed by atoms with Gasteiger partial charge in [0.25, 0.3) is 11.8 Å². The Morgan fingerprint density at radius 2 is 2.58 bits per heavy atom. The summed E-state index contributed by atoms with van der Waals surface area (Å²) in [4.78, 5) is 10.7. The monoisotopic (exact) mass is 170 g/mol. The second-order valence-corrected chi connectivity index (χ2v) is 2.24. The molecule has 1 heterocycles. The molecule has 0 fully saturated rings. The highest BCUT2D eigenvalue weighted by Gasteiger charge is 2.03. The van der Waals surface area contributed by atoms with Gasteiger partial charge in [-0.2, -0.15) is 0 Å². The van der Waals surface area contributed by atoms with Gasteiger partial charge in [-0.25, -0.2) is 0 Å². The first kappa shape index (κ1) is 8.58. The molecule has 0 unspecified atom stereocenters. The average Bonchev–Trinajstić information content (AvgIpc) is 2.47. The van der Waals surface area contributed by atoms with Gasteiger partial charge in [-0.1, -0.05) is 0 Å². The molecule has 1 N–H and O–H groups in total. The van der Waals surface area contributed by atoms with Crippen molar-refractivity contribution in [1.82, 2.24) is 10.5 Å². The van der Waals surface area contributed by atoms with Crippen LogP contribution in [0.5, 0.6) is 5.88 Å². The molecule has 1 rings (SSSR count). The van der Waals surface area contributed by atoms with Gasteiger partial charge in [-0.15, -0.1) is 0 Å². The zero-order valence-electron chi connectivity index (χ0n) is 6.96. The minimum Gasteiger partial charge on any atom is -0.465 e. The van der Waals surface area contributed by atoms with Crippen molar-refractivity contribution < 1.29 is 14.1 Å². The van der Waals surface area contributed by atoms with Crippen molar-refractivity contribution in [3.63, 3.8) is 0 Å². The van der Waals surface area contributed by atoms with E-state index in [1.54, 1.807) is 20.0 Å². The van der Waals surface area contributed by atoms with Gasteiger partial charge in [0.15, 0.2) is 6.61 Å². The molecule has 0 atom stereocenters. The number of amides is 1. The maximum Gasteiger partial charge on any atom is 0.257 e. The van der Waals surface area contributed by atoms with Crippen LogP contribution in [0.15, 0.2) is 10.6 Å². The van der Waals surface area contributed by atoms with E-state index in [1.807, 2.05) is 0 Å². The van der Waals surface area contributed by atoms with E-state index in [9.17, 15) is 4.79 Å². The van der Waals surface area contributed by atoms with E-state index >= 15 is 0 Å². The van der Waals surface area contributed by atoms with Crippen LogP contribution in [0.3, 0.4) is 0 Å². The van der Waals surface area contributed by atoms with E-state index in [4.69, 9.17) is 9.26 Å². The highest BCUT2D eigenvalue weighted by atomic mass is 16.5. The van der Waals surface area contributed by atoms with Gasteiger partial charge in [0.1, 0.15) is 5.76 Å². The first-order chi connectivity index (χ1) is 5.72. The molecule has 12 heavy (non-hydrogen) atoms.